The van der Waals surface area contributed by atoms with Gasteiger partial charge >= 0.3 is 0 Å². The van der Waals surface area contributed by atoms with Gasteiger partial charge in [-0.3, -0.25) is 0 Å². The SMILES string of the molecule is CCC(c1ccc(O)cc1)C(CC)C1CCCC1. The van der Waals surface area contributed by atoms with Crippen molar-refractivity contribution in [2.75, 3.05) is 0 Å². The van der Waals surface area contributed by atoms with Gasteiger partial charge in [0.05, 0.1) is 0 Å². The fourth-order valence-electron chi connectivity index (χ4n) is 3.84. The molecule has 0 aliphatic heterocycles. The van der Waals surface area contributed by atoms with Gasteiger partial charge < -0.3 is 5.11 Å². The van der Waals surface area contributed by atoms with Gasteiger partial charge in [0.15, 0.2) is 0 Å². The minimum absolute atomic E-state index is 0.377. The van der Waals surface area contributed by atoms with Crippen molar-refractivity contribution in [2.45, 2.75) is 58.3 Å². The van der Waals surface area contributed by atoms with Crippen LogP contribution < -0.4 is 0 Å². The van der Waals surface area contributed by atoms with Crippen LogP contribution in [0, 0.1) is 11.8 Å². The van der Waals surface area contributed by atoms with Crippen molar-refractivity contribution in [3.05, 3.63) is 29.8 Å². The number of hydrogen-bond acceptors (Lipinski definition) is 1. The molecule has 1 N–H and O–H groups in total. The van der Waals surface area contributed by atoms with E-state index in [9.17, 15) is 5.11 Å². The molecule has 2 atom stereocenters. The predicted molar refractivity (Wildman–Crippen MR) is 76.9 cm³/mol. The number of hydrogen-bond donors (Lipinski definition) is 1. The van der Waals surface area contributed by atoms with Gasteiger partial charge in [0.25, 0.3) is 0 Å². The van der Waals surface area contributed by atoms with E-state index in [1.807, 2.05) is 12.1 Å². The summed E-state index contributed by atoms with van der Waals surface area (Å²) in [6.45, 7) is 4.64. The van der Waals surface area contributed by atoms with Crippen molar-refractivity contribution in [2.24, 2.45) is 11.8 Å². The second-order valence-corrected chi connectivity index (χ2v) is 5.72. The van der Waals surface area contributed by atoms with Gasteiger partial charge in [-0.15, -0.1) is 0 Å². The van der Waals surface area contributed by atoms with Crippen molar-refractivity contribution < 1.29 is 5.11 Å². The number of phenolic OH excluding ortho intramolecular Hbond substituents is 1. The van der Waals surface area contributed by atoms with Gasteiger partial charge in [0, 0.05) is 0 Å². The van der Waals surface area contributed by atoms with Crippen LogP contribution in [0.1, 0.15) is 63.9 Å². The van der Waals surface area contributed by atoms with E-state index < -0.39 is 0 Å². The lowest BCUT2D eigenvalue weighted by molar-refractivity contribution is 0.269. The number of benzene rings is 1. The van der Waals surface area contributed by atoms with Gasteiger partial charge in [0.2, 0.25) is 0 Å². The van der Waals surface area contributed by atoms with Gasteiger partial charge in [-0.05, 0) is 41.9 Å². The molecular formula is C17H26O. The van der Waals surface area contributed by atoms with Gasteiger partial charge in [-0.1, -0.05) is 58.1 Å². The molecule has 1 aliphatic carbocycles. The van der Waals surface area contributed by atoms with Gasteiger partial charge in [-0.25, -0.2) is 0 Å². The fourth-order valence-corrected chi connectivity index (χ4v) is 3.84. The normalized spacial score (nSPS) is 19.9. The molecule has 1 nitrogen and oxygen atoms in total. The van der Waals surface area contributed by atoms with Gasteiger partial charge in [-0.2, -0.15) is 0 Å². The summed E-state index contributed by atoms with van der Waals surface area (Å²) < 4.78 is 0. The molecule has 0 heterocycles. The Kier molecular flexibility index (Phi) is 4.68. The highest BCUT2D eigenvalue weighted by Crippen LogP contribution is 2.42. The number of phenols is 1. The first kappa shape index (κ1) is 13.5. The Morgan fingerprint density at radius 2 is 1.67 bits per heavy atom. The Morgan fingerprint density at radius 3 is 2.17 bits per heavy atom. The minimum atomic E-state index is 0.377. The first-order valence-corrected chi connectivity index (χ1v) is 7.55. The van der Waals surface area contributed by atoms with Crippen molar-refractivity contribution in [1.29, 1.82) is 0 Å². The monoisotopic (exact) mass is 246 g/mol. The first-order chi connectivity index (χ1) is 8.76. The molecule has 1 aromatic carbocycles. The van der Waals surface area contributed by atoms with E-state index in [1.165, 1.54) is 44.1 Å². The van der Waals surface area contributed by atoms with Crippen molar-refractivity contribution >= 4 is 0 Å². The van der Waals surface area contributed by atoms with E-state index in [0.29, 0.717) is 11.7 Å². The second kappa shape index (κ2) is 6.26. The Hall–Kier alpha value is -0.980. The molecule has 0 saturated heterocycles. The maximum Gasteiger partial charge on any atom is 0.115 e. The van der Waals surface area contributed by atoms with Crippen LogP contribution >= 0.6 is 0 Å². The van der Waals surface area contributed by atoms with Crippen molar-refractivity contribution in [3.63, 3.8) is 0 Å². The third-order valence-electron chi connectivity index (χ3n) is 4.75. The van der Waals surface area contributed by atoms with E-state index in [4.69, 9.17) is 0 Å². The zero-order valence-corrected chi connectivity index (χ0v) is 11.7. The third kappa shape index (κ3) is 2.88. The fraction of sp³-hybridized carbons (Fsp3) is 0.647. The second-order valence-electron chi connectivity index (χ2n) is 5.72. The lowest BCUT2D eigenvalue weighted by atomic mass is 9.74. The standard InChI is InChI=1S/C17H26O/c1-3-16(13-7-5-6-8-13)17(4-2)14-9-11-15(18)12-10-14/h9-13,16-18H,3-8H2,1-2H3. The Labute approximate surface area is 111 Å². The van der Waals surface area contributed by atoms with Crippen molar-refractivity contribution in [3.8, 4) is 5.75 Å². The van der Waals surface area contributed by atoms with E-state index in [1.54, 1.807) is 0 Å². The summed E-state index contributed by atoms with van der Waals surface area (Å²) in [5, 5.41) is 9.42. The topological polar surface area (TPSA) is 20.2 Å². The highest BCUT2D eigenvalue weighted by molar-refractivity contribution is 5.28. The molecule has 0 spiro atoms. The van der Waals surface area contributed by atoms with E-state index in [2.05, 4.69) is 26.0 Å². The van der Waals surface area contributed by atoms with Crippen LogP contribution in [0.3, 0.4) is 0 Å². The summed E-state index contributed by atoms with van der Waals surface area (Å²) in [5.74, 6) is 2.79. The van der Waals surface area contributed by atoms with E-state index in [0.717, 1.165) is 11.8 Å². The highest BCUT2D eigenvalue weighted by Gasteiger charge is 2.30. The van der Waals surface area contributed by atoms with Crippen molar-refractivity contribution in [1.82, 2.24) is 0 Å². The van der Waals surface area contributed by atoms with E-state index >= 15 is 0 Å². The van der Waals surface area contributed by atoms with Crippen LogP contribution in [0.5, 0.6) is 5.75 Å². The third-order valence-corrected chi connectivity index (χ3v) is 4.75. The maximum atomic E-state index is 9.42. The summed E-state index contributed by atoms with van der Waals surface area (Å²) in [7, 11) is 0. The zero-order valence-electron chi connectivity index (χ0n) is 11.7. The maximum absolute atomic E-state index is 9.42. The summed E-state index contributed by atoms with van der Waals surface area (Å²) >= 11 is 0. The summed E-state index contributed by atoms with van der Waals surface area (Å²) in [6, 6.07) is 7.89. The average molecular weight is 246 g/mol. The molecule has 18 heavy (non-hydrogen) atoms. The quantitative estimate of drug-likeness (QED) is 0.766. The van der Waals surface area contributed by atoms with Crippen LogP contribution in [0.15, 0.2) is 24.3 Å². The lowest BCUT2D eigenvalue weighted by Crippen LogP contribution is -2.19. The van der Waals surface area contributed by atoms with E-state index in [-0.39, 0.29) is 0 Å². The summed E-state index contributed by atoms with van der Waals surface area (Å²) in [6.07, 6.45) is 8.18. The largest absolute Gasteiger partial charge is 0.508 e. The van der Waals surface area contributed by atoms with Crippen LogP contribution in [0.2, 0.25) is 0 Å². The van der Waals surface area contributed by atoms with Crippen LogP contribution in [0.4, 0.5) is 0 Å². The molecule has 0 aromatic heterocycles. The molecule has 1 saturated carbocycles. The van der Waals surface area contributed by atoms with Crippen LogP contribution in [-0.2, 0) is 0 Å². The molecule has 0 bridgehead atoms. The molecule has 2 rings (SSSR count). The molecular weight excluding hydrogens is 220 g/mol. The molecule has 100 valence electrons. The molecule has 1 heteroatoms. The Balaban J connectivity index is 2.17. The number of rotatable bonds is 5. The first-order valence-electron chi connectivity index (χ1n) is 7.55. The number of aromatic hydroxyl groups is 1. The smallest absolute Gasteiger partial charge is 0.115 e. The average Bonchev–Trinajstić information content (AvgIpc) is 2.91. The Bertz CT molecular complexity index is 348. The molecule has 1 aliphatic rings. The predicted octanol–water partition coefficient (Wildman–Crippen LogP) is 5.10. The minimum Gasteiger partial charge on any atom is -0.508 e. The molecule has 0 amide bonds. The zero-order chi connectivity index (χ0) is 13.0. The van der Waals surface area contributed by atoms with Crippen LogP contribution in [0.25, 0.3) is 0 Å². The van der Waals surface area contributed by atoms with Crippen LogP contribution in [-0.4, -0.2) is 5.11 Å². The summed E-state index contributed by atoms with van der Waals surface area (Å²) in [5.41, 5.74) is 1.41. The van der Waals surface area contributed by atoms with Gasteiger partial charge in [0.1, 0.15) is 5.75 Å². The molecule has 1 aromatic rings. The Morgan fingerprint density at radius 1 is 1.06 bits per heavy atom. The molecule has 1 fully saturated rings. The summed E-state index contributed by atoms with van der Waals surface area (Å²) in [4.78, 5) is 0. The highest BCUT2D eigenvalue weighted by atomic mass is 16.3. The molecule has 0 radical (unpaired) electrons. The molecule has 2 unspecified atom stereocenters. The lowest BCUT2D eigenvalue weighted by Gasteiger charge is -2.31.